The summed E-state index contributed by atoms with van der Waals surface area (Å²) >= 11 is 0. The molecule has 0 bridgehead atoms. The third-order valence-corrected chi connectivity index (χ3v) is 2.88. The summed E-state index contributed by atoms with van der Waals surface area (Å²) in [6.07, 6.45) is 2.29. The molecular weight excluding hydrogens is 244 g/mol. The minimum absolute atomic E-state index is 0.0505. The molecule has 0 radical (unpaired) electrons. The summed E-state index contributed by atoms with van der Waals surface area (Å²) in [5, 5.41) is 18.4. The Labute approximate surface area is 114 Å². The van der Waals surface area contributed by atoms with E-state index in [2.05, 4.69) is 13.8 Å². The van der Waals surface area contributed by atoms with Crippen LogP contribution in [-0.4, -0.2) is 16.2 Å². The standard InChI is InChI=1S/C15H22O4/c1-11(2)4-3-5-15(18)19-10-12-6-7-14(17)13(8-12)9-16/h6-8,11,16-17H,3-5,9-10H2,1-2H3. The molecule has 1 rings (SSSR count). The Kier molecular flexibility index (Phi) is 6.36. The molecule has 0 aromatic heterocycles. The van der Waals surface area contributed by atoms with Crippen molar-refractivity contribution >= 4 is 5.97 Å². The SMILES string of the molecule is CC(C)CCCC(=O)OCc1ccc(O)c(CO)c1. The van der Waals surface area contributed by atoms with Crippen LogP contribution in [0.25, 0.3) is 0 Å². The number of rotatable bonds is 7. The molecule has 0 saturated carbocycles. The largest absolute Gasteiger partial charge is 0.508 e. The van der Waals surface area contributed by atoms with Crippen LogP contribution in [0.2, 0.25) is 0 Å². The number of carbonyl (C=O) groups is 1. The van der Waals surface area contributed by atoms with Gasteiger partial charge in [-0.25, -0.2) is 0 Å². The summed E-state index contributed by atoms with van der Waals surface area (Å²) in [7, 11) is 0. The number of esters is 1. The highest BCUT2D eigenvalue weighted by atomic mass is 16.5. The Morgan fingerprint density at radius 1 is 1.37 bits per heavy atom. The molecule has 0 atom stereocenters. The second kappa shape index (κ2) is 7.79. The predicted octanol–water partition coefficient (Wildman–Crippen LogP) is 2.75. The molecule has 0 heterocycles. The fourth-order valence-electron chi connectivity index (χ4n) is 1.75. The van der Waals surface area contributed by atoms with Crippen molar-refractivity contribution < 1.29 is 19.7 Å². The van der Waals surface area contributed by atoms with Crippen molar-refractivity contribution in [2.75, 3.05) is 0 Å². The van der Waals surface area contributed by atoms with Gasteiger partial charge in [-0.1, -0.05) is 26.3 Å². The highest BCUT2D eigenvalue weighted by molar-refractivity contribution is 5.69. The lowest BCUT2D eigenvalue weighted by Gasteiger charge is -2.08. The van der Waals surface area contributed by atoms with Gasteiger partial charge in [-0.2, -0.15) is 0 Å². The van der Waals surface area contributed by atoms with E-state index < -0.39 is 0 Å². The van der Waals surface area contributed by atoms with E-state index in [4.69, 9.17) is 9.84 Å². The first-order chi connectivity index (χ1) is 9.02. The Morgan fingerprint density at radius 3 is 2.74 bits per heavy atom. The van der Waals surface area contributed by atoms with Crippen LogP contribution in [0.15, 0.2) is 18.2 Å². The second-order valence-electron chi connectivity index (χ2n) is 5.07. The molecule has 0 saturated heterocycles. The zero-order valence-corrected chi connectivity index (χ0v) is 11.6. The first-order valence-electron chi connectivity index (χ1n) is 6.60. The van der Waals surface area contributed by atoms with Crippen molar-refractivity contribution in [3.8, 4) is 5.75 Å². The highest BCUT2D eigenvalue weighted by Crippen LogP contribution is 2.19. The van der Waals surface area contributed by atoms with Crippen molar-refractivity contribution in [3.63, 3.8) is 0 Å². The first-order valence-corrected chi connectivity index (χ1v) is 6.60. The molecule has 4 nitrogen and oxygen atoms in total. The maximum absolute atomic E-state index is 11.5. The van der Waals surface area contributed by atoms with Crippen LogP contribution in [0.3, 0.4) is 0 Å². The molecule has 0 fully saturated rings. The van der Waals surface area contributed by atoms with E-state index >= 15 is 0 Å². The third kappa shape index (κ3) is 5.75. The smallest absolute Gasteiger partial charge is 0.306 e. The molecule has 0 aliphatic carbocycles. The molecule has 0 aliphatic heterocycles. The van der Waals surface area contributed by atoms with Crippen LogP contribution >= 0.6 is 0 Å². The average Bonchev–Trinajstić information content (AvgIpc) is 2.37. The van der Waals surface area contributed by atoms with Gasteiger partial charge in [0.25, 0.3) is 0 Å². The Bertz CT molecular complexity index is 413. The van der Waals surface area contributed by atoms with E-state index in [9.17, 15) is 9.90 Å². The van der Waals surface area contributed by atoms with Crippen LogP contribution in [0.1, 0.15) is 44.2 Å². The molecule has 1 aromatic carbocycles. The van der Waals surface area contributed by atoms with E-state index in [1.165, 1.54) is 6.07 Å². The molecule has 0 amide bonds. The predicted molar refractivity (Wildman–Crippen MR) is 72.5 cm³/mol. The van der Waals surface area contributed by atoms with Gasteiger partial charge in [-0.3, -0.25) is 4.79 Å². The van der Waals surface area contributed by atoms with Crippen LogP contribution in [0.5, 0.6) is 5.75 Å². The van der Waals surface area contributed by atoms with Gasteiger partial charge in [0.05, 0.1) is 6.61 Å². The van der Waals surface area contributed by atoms with Crippen LogP contribution in [-0.2, 0) is 22.7 Å². The molecule has 1 aromatic rings. The van der Waals surface area contributed by atoms with Crippen LogP contribution in [0, 0.1) is 5.92 Å². The van der Waals surface area contributed by atoms with E-state index in [-0.39, 0.29) is 24.9 Å². The highest BCUT2D eigenvalue weighted by Gasteiger charge is 2.06. The normalized spacial score (nSPS) is 10.7. The molecule has 0 unspecified atom stereocenters. The van der Waals surface area contributed by atoms with Gasteiger partial charge in [-0.05, 0) is 30.0 Å². The number of aliphatic hydroxyl groups is 1. The van der Waals surface area contributed by atoms with E-state index in [1.807, 2.05) is 0 Å². The van der Waals surface area contributed by atoms with Crippen molar-refractivity contribution in [2.24, 2.45) is 5.92 Å². The molecule has 0 aliphatic rings. The lowest BCUT2D eigenvalue weighted by molar-refractivity contribution is -0.145. The number of phenols is 1. The monoisotopic (exact) mass is 266 g/mol. The average molecular weight is 266 g/mol. The van der Waals surface area contributed by atoms with Crippen molar-refractivity contribution in [1.29, 1.82) is 0 Å². The van der Waals surface area contributed by atoms with Gasteiger partial charge in [-0.15, -0.1) is 0 Å². The van der Waals surface area contributed by atoms with Gasteiger partial charge in [0.15, 0.2) is 0 Å². The van der Waals surface area contributed by atoms with Crippen molar-refractivity contribution in [2.45, 2.75) is 46.3 Å². The Balaban J connectivity index is 2.37. The van der Waals surface area contributed by atoms with Gasteiger partial charge in [0.2, 0.25) is 0 Å². The van der Waals surface area contributed by atoms with Gasteiger partial charge in [0.1, 0.15) is 12.4 Å². The van der Waals surface area contributed by atoms with Crippen LogP contribution < -0.4 is 0 Å². The molecular formula is C15H22O4. The summed E-state index contributed by atoms with van der Waals surface area (Å²) in [4.78, 5) is 11.5. The summed E-state index contributed by atoms with van der Waals surface area (Å²) in [6, 6.07) is 4.81. The molecule has 0 spiro atoms. The summed E-state index contributed by atoms with van der Waals surface area (Å²) < 4.78 is 5.15. The fraction of sp³-hybridized carbons (Fsp3) is 0.533. The summed E-state index contributed by atoms with van der Waals surface area (Å²) in [5.74, 6) is 0.436. The quantitative estimate of drug-likeness (QED) is 0.745. The second-order valence-corrected chi connectivity index (χ2v) is 5.07. The third-order valence-electron chi connectivity index (χ3n) is 2.88. The summed E-state index contributed by atoms with van der Waals surface area (Å²) in [6.45, 7) is 4.19. The molecule has 19 heavy (non-hydrogen) atoms. The lowest BCUT2D eigenvalue weighted by Crippen LogP contribution is -2.05. The Hall–Kier alpha value is -1.55. The van der Waals surface area contributed by atoms with Gasteiger partial charge in [0, 0.05) is 12.0 Å². The Morgan fingerprint density at radius 2 is 2.11 bits per heavy atom. The van der Waals surface area contributed by atoms with Gasteiger partial charge >= 0.3 is 5.97 Å². The molecule has 4 heteroatoms. The molecule has 2 N–H and O–H groups in total. The maximum Gasteiger partial charge on any atom is 0.306 e. The number of benzene rings is 1. The summed E-state index contributed by atoms with van der Waals surface area (Å²) in [5.41, 5.74) is 1.20. The number of carbonyl (C=O) groups excluding carboxylic acids is 1. The number of hydrogen-bond acceptors (Lipinski definition) is 4. The fourth-order valence-corrected chi connectivity index (χ4v) is 1.75. The number of aliphatic hydroxyl groups excluding tert-OH is 1. The van der Waals surface area contributed by atoms with Crippen LogP contribution in [0.4, 0.5) is 0 Å². The van der Waals surface area contributed by atoms with Gasteiger partial charge < -0.3 is 14.9 Å². The topological polar surface area (TPSA) is 66.8 Å². The van der Waals surface area contributed by atoms with E-state index in [0.717, 1.165) is 18.4 Å². The maximum atomic E-state index is 11.5. The zero-order chi connectivity index (χ0) is 14.3. The van der Waals surface area contributed by atoms with Crippen molar-refractivity contribution in [1.82, 2.24) is 0 Å². The molecule has 106 valence electrons. The number of aromatic hydroxyl groups is 1. The minimum Gasteiger partial charge on any atom is -0.508 e. The number of hydrogen-bond donors (Lipinski definition) is 2. The first kappa shape index (κ1) is 15.5. The van der Waals surface area contributed by atoms with E-state index in [0.29, 0.717) is 17.9 Å². The lowest BCUT2D eigenvalue weighted by atomic mass is 10.1. The van der Waals surface area contributed by atoms with Crippen molar-refractivity contribution in [3.05, 3.63) is 29.3 Å². The van der Waals surface area contributed by atoms with E-state index in [1.54, 1.807) is 12.1 Å². The number of ether oxygens (including phenoxy) is 1. The zero-order valence-electron chi connectivity index (χ0n) is 11.6. The minimum atomic E-state index is -0.234.